The van der Waals surface area contributed by atoms with Gasteiger partial charge in [0, 0.05) is 0 Å². The summed E-state index contributed by atoms with van der Waals surface area (Å²) in [6, 6.07) is 0. The maximum Gasteiger partial charge on any atom is -0.0352 e. The monoisotopic (exact) mass is 183 g/mol. The van der Waals surface area contributed by atoms with Gasteiger partial charge in [-0.3, -0.25) is 0 Å². The summed E-state index contributed by atoms with van der Waals surface area (Å²) in [5, 5.41) is 0. The van der Waals surface area contributed by atoms with Crippen LogP contribution in [-0.2, 0) is 0 Å². The molecule has 0 spiro atoms. The number of hydrogen-bond donors (Lipinski definition) is 0. The van der Waals surface area contributed by atoms with Crippen LogP contribution in [0.4, 0.5) is 0 Å². The third-order valence-electron chi connectivity index (χ3n) is 2.84. The number of rotatable bonds is 6. The Kier molecular flexibility index (Phi) is 6.45. The van der Waals surface area contributed by atoms with Crippen molar-refractivity contribution in [2.24, 2.45) is 23.7 Å². The molecule has 0 heteroatoms. The first-order chi connectivity index (χ1) is 5.93. The Labute approximate surface area is 85.1 Å². The minimum absolute atomic E-state index is 0.773. The average molecular weight is 183 g/mol. The van der Waals surface area contributed by atoms with Crippen LogP contribution in [-0.4, -0.2) is 0 Å². The first-order valence-electron chi connectivity index (χ1n) is 5.76. The summed E-state index contributed by atoms with van der Waals surface area (Å²) in [5.74, 6) is 3.28. The normalized spacial score (nSPS) is 16.6. The zero-order valence-corrected chi connectivity index (χ0v) is 10.3. The highest BCUT2D eigenvalue weighted by atomic mass is 14.2. The van der Waals surface area contributed by atoms with Crippen molar-refractivity contribution >= 4 is 0 Å². The van der Waals surface area contributed by atoms with E-state index in [0.717, 1.165) is 23.7 Å². The Balaban J connectivity index is 3.51. The van der Waals surface area contributed by atoms with Gasteiger partial charge in [-0.15, -0.1) is 0 Å². The standard InChI is InChI=1S/C13H27/c1-10(2)9-12(5)7-8-13(6)11(3)4/h8,10-13H,7,9H2,1-6H3. The molecule has 0 heterocycles. The molecule has 0 aliphatic carbocycles. The molecule has 0 N–H and O–H groups in total. The predicted octanol–water partition coefficient (Wildman–Crippen LogP) is 4.56. The van der Waals surface area contributed by atoms with Gasteiger partial charge in [-0.1, -0.05) is 41.5 Å². The Morgan fingerprint density at radius 3 is 1.85 bits per heavy atom. The fourth-order valence-electron chi connectivity index (χ4n) is 1.62. The van der Waals surface area contributed by atoms with Gasteiger partial charge in [-0.2, -0.15) is 0 Å². The summed E-state index contributed by atoms with van der Waals surface area (Å²) >= 11 is 0. The summed E-state index contributed by atoms with van der Waals surface area (Å²) in [4.78, 5) is 0. The van der Waals surface area contributed by atoms with Crippen molar-refractivity contribution in [2.75, 3.05) is 0 Å². The molecule has 0 rings (SSSR count). The maximum absolute atomic E-state index is 2.50. The van der Waals surface area contributed by atoms with Crippen LogP contribution in [0.15, 0.2) is 0 Å². The van der Waals surface area contributed by atoms with Crippen molar-refractivity contribution in [2.45, 2.75) is 54.4 Å². The molecule has 0 amide bonds. The Bertz CT molecular complexity index is 113. The van der Waals surface area contributed by atoms with Crippen molar-refractivity contribution in [1.82, 2.24) is 0 Å². The van der Waals surface area contributed by atoms with Crippen molar-refractivity contribution in [1.29, 1.82) is 0 Å². The third-order valence-corrected chi connectivity index (χ3v) is 2.84. The lowest BCUT2D eigenvalue weighted by atomic mass is 9.87. The molecule has 0 aliphatic heterocycles. The van der Waals surface area contributed by atoms with Gasteiger partial charge < -0.3 is 0 Å². The molecule has 0 nitrogen and oxygen atoms in total. The molecule has 0 aromatic rings. The fourth-order valence-corrected chi connectivity index (χ4v) is 1.62. The average Bonchev–Trinajstić information content (AvgIpc) is 1.98. The lowest BCUT2D eigenvalue weighted by Crippen LogP contribution is -2.08. The summed E-state index contributed by atoms with van der Waals surface area (Å²) < 4.78 is 0. The van der Waals surface area contributed by atoms with E-state index in [1.807, 2.05) is 0 Å². The molecular formula is C13H27. The smallest absolute Gasteiger partial charge is 0.0352 e. The molecule has 0 aliphatic rings. The molecule has 0 saturated carbocycles. The Morgan fingerprint density at radius 2 is 1.46 bits per heavy atom. The minimum atomic E-state index is 0.773. The van der Waals surface area contributed by atoms with E-state index in [-0.39, 0.29) is 0 Å². The van der Waals surface area contributed by atoms with Gasteiger partial charge in [0.1, 0.15) is 0 Å². The number of hydrogen-bond acceptors (Lipinski definition) is 0. The molecule has 1 radical (unpaired) electrons. The van der Waals surface area contributed by atoms with E-state index in [1.54, 1.807) is 0 Å². The van der Waals surface area contributed by atoms with E-state index < -0.39 is 0 Å². The van der Waals surface area contributed by atoms with Crippen molar-refractivity contribution in [3.63, 3.8) is 0 Å². The highest BCUT2D eigenvalue weighted by Crippen LogP contribution is 2.21. The second-order valence-electron chi connectivity index (χ2n) is 5.31. The van der Waals surface area contributed by atoms with Gasteiger partial charge in [0.2, 0.25) is 0 Å². The molecule has 2 atom stereocenters. The zero-order chi connectivity index (χ0) is 10.4. The molecule has 0 fully saturated rings. The van der Waals surface area contributed by atoms with Gasteiger partial charge in [-0.25, -0.2) is 0 Å². The molecule has 0 saturated heterocycles. The van der Waals surface area contributed by atoms with E-state index in [0.29, 0.717) is 0 Å². The Morgan fingerprint density at radius 1 is 0.923 bits per heavy atom. The highest BCUT2D eigenvalue weighted by Gasteiger charge is 2.10. The molecule has 13 heavy (non-hydrogen) atoms. The lowest BCUT2D eigenvalue weighted by molar-refractivity contribution is 0.392. The van der Waals surface area contributed by atoms with Crippen LogP contribution in [0.5, 0.6) is 0 Å². The quantitative estimate of drug-likeness (QED) is 0.566. The van der Waals surface area contributed by atoms with E-state index in [1.165, 1.54) is 12.8 Å². The van der Waals surface area contributed by atoms with Gasteiger partial charge in [0.15, 0.2) is 0 Å². The first kappa shape index (κ1) is 13.0. The van der Waals surface area contributed by atoms with Gasteiger partial charge >= 0.3 is 0 Å². The van der Waals surface area contributed by atoms with Crippen LogP contribution in [0.3, 0.4) is 0 Å². The van der Waals surface area contributed by atoms with Crippen molar-refractivity contribution in [3.8, 4) is 0 Å². The van der Waals surface area contributed by atoms with Crippen LogP contribution >= 0.6 is 0 Å². The topological polar surface area (TPSA) is 0 Å². The van der Waals surface area contributed by atoms with Crippen LogP contribution in [0.2, 0.25) is 0 Å². The van der Waals surface area contributed by atoms with Crippen LogP contribution < -0.4 is 0 Å². The lowest BCUT2D eigenvalue weighted by Gasteiger charge is -2.19. The largest absolute Gasteiger partial charge is 0.0628 e. The summed E-state index contributed by atoms with van der Waals surface area (Å²) in [6.45, 7) is 13.9. The second-order valence-corrected chi connectivity index (χ2v) is 5.31. The molecular weight excluding hydrogens is 156 g/mol. The van der Waals surface area contributed by atoms with E-state index in [4.69, 9.17) is 0 Å². The van der Waals surface area contributed by atoms with Gasteiger partial charge in [0.25, 0.3) is 0 Å². The van der Waals surface area contributed by atoms with Gasteiger partial charge in [-0.05, 0) is 42.9 Å². The van der Waals surface area contributed by atoms with Crippen molar-refractivity contribution < 1.29 is 0 Å². The minimum Gasteiger partial charge on any atom is -0.0628 e. The van der Waals surface area contributed by atoms with E-state index >= 15 is 0 Å². The Hall–Kier alpha value is 0. The second kappa shape index (κ2) is 6.45. The van der Waals surface area contributed by atoms with Crippen LogP contribution in [0.25, 0.3) is 0 Å². The summed E-state index contributed by atoms with van der Waals surface area (Å²) in [6.07, 6.45) is 5.15. The predicted molar refractivity (Wildman–Crippen MR) is 61.5 cm³/mol. The summed E-state index contributed by atoms with van der Waals surface area (Å²) in [5.41, 5.74) is 0. The fraction of sp³-hybridized carbons (Fsp3) is 0.923. The molecule has 0 aromatic carbocycles. The van der Waals surface area contributed by atoms with Crippen LogP contribution in [0.1, 0.15) is 54.4 Å². The molecule has 79 valence electrons. The molecule has 0 bridgehead atoms. The van der Waals surface area contributed by atoms with Crippen molar-refractivity contribution in [3.05, 3.63) is 6.42 Å². The molecule has 0 aromatic heterocycles. The van der Waals surface area contributed by atoms with Crippen LogP contribution in [0, 0.1) is 30.1 Å². The summed E-state index contributed by atoms with van der Waals surface area (Å²) in [7, 11) is 0. The van der Waals surface area contributed by atoms with E-state index in [9.17, 15) is 0 Å². The maximum atomic E-state index is 2.50. The molecule has 2 unspecified atom stereocenters. The highest BCUT2D eigenvalue weighted by molar-refractivity contribution is 4.77. The SMILES string of the molecule is CC(C)CC(C)C[CH]C(C)C(C)C. The zero-order valence-electron chi connectivity index (χ0n) is 10.3. The third kappa shape index (κ3) is 7.10. The van der Waals surface area contributed by atoms with E-state index in [2.05, 4.69) is 48.0 Å². The van der Waals surface area contributed by atoms with Gasteiger partial charge in [0.05, 0.1) is 0 Å². The first-order valence-corrected chi connectivity index (χ1v) is 5.76.